The maximum absolute atomic E-state index is 12.2. The molecule has 1 heterocycles. The van der Waals surface area contributed by atoms with Crippen molar-refractivity contribution < 1.29 is 18.3 Å². The first-order valence-electron chi connectivity index (χ1n) is 5.79. The number of hydrogen-bond acceptors (Lipinski definition) is 4. The number of hydrogen-bond donors (Lipinski definition) is 2. The average molecular weight is 258 g/mol. The third-order valence-corrected chi connectivity index (χ3v) is 3.06. The minimum absolute atomic E-state index is 0.117. The van der Waals surface area contributed by atoms with E-state index in [4.69, 9.17) is 10.6 Å². The van der Waals surface area contributed by atoms with Crippen LogP contribution in [0.4, 0.5) is 8.78 Å². The molecule has 0 aromatic heterocycles. The van der Waals surface area contributed by atoms with Gasteiger partial charge in [-0.05, 0) is 24.1 Å². The van der Waals surface area contributed by atoms with Crippen LogP contribution >= 0.6 is 0 Å². The molecule has 1 aliphatic rings. The van der Waals surface area contributed by atoms with Crippen LogP contribution in [0, 0.1) is 5.92 Å². The number of nitrogens with two attached hydrogens (primary N) is 1. The Hall–Kier alpha value is -1.24. The van der Waals surface area contributed by atoms with E-state index in [0.717, 1.165) is 12.0 Å². The molecule has 0 amide bonds. The molecule has 0 bridgehead atoms. The summed E-state index contributed by atoms with van der Waals surface area (Å²) in [6.07, 6.45) is 0.898. The molecule has 2 unspecified atom stereocenters. The van der Waals surface area contributed by atoms with Crippen LogP contribution in [-0.4, -0.2) is 19.8 Å². The minimum atomic E-state index is -2.82. The van der Waals surface area contributed by atoms with Crippen LogP contribution < -0.4 is 16.0 Å². The van der Waals surface area contributed by atoms with Gasteiger partial charge in [0.2, 0.25) is 0 Å². The highest BCUT2D eigenvalue weighted by molar-refractivity contribution is 5.31. The van der Waals surface area contributed by atoms with Gasteiger partial charge >= 0.3 is 6.61 Å². The van der Waals surface area contributed by atoms with Gasteiger partial charge in [-0.15, -0.1) is 0 Å². The fourth-order valence-corrected chi connectivity index (χ4v) is 2.20. The molecule has 1 fully saturated rings. The van der Waals surface area contributed by atoms with Crippen LogP contribution in [0.3, 0.4) is 0 Å². The molecule has 4 nitrogen and oxygen atoms in total. The first kappa shape index (κ1) is 13.2. The molecule has 2 rings (SSSR count). The lowest BCUT2D eigenvalue weighted by molar-refractivity contribution is -0.0499. The SMILES string of the molecule is NNC(c1cccc(OC(F)F)c1)C1CCOC1. The van der Waals surface area contributed by atoms with Gasteiger partial charge in [-0.1, -0.05) is 12.1 Å². The summed E-state index contributed by atoms with van der Waals surface area (Å²) >= 11 is 0. The number of nitrogens with one attached hydrogen (secondary N) is 1. The Balaban J connectivity index is 2.14. The van der Waals surface area contributed by atoms with Crippen molar-refractivity contribution in [3.05, 3.63) is 29.8 Å². The van der Waals surface area contributed by atoms with E-state index in [1.54, 1.807) is 12.1 Å². The van der Waals surface area contributed by atoms with E-state index < -0.39 is 6.61 Å². The highest BCUT2D eigenvalue weighted by Crippen LogP contribution is 2.30. The molecule has 100 valence electrons. The molecule has 1 aromatic rings. The van der Waals surface area contributed by atoms with Crippen molar-refractivity contribution in [2.24, 2.45) is 11.8 Å². The first-order valence-corrected chi connectivity index (χ1v) is 5.79. The summed E-state index contributed by atoms with van der Waals surface area (Å²) in [6.45, 7) is -1.50. The lowest BCUT2D eigenvalue weighted by atomic mass is 9.93. The number of halogens is 2. The summed E-state index contributed by atoms with van der Waals surface area (Å²) in [7, 11) is 0. The van der Waals surface area contributed by atoms with Gasteiger partial charge in [-0.25, -0.2) is 0 Å². The molecule has 1 saturated heterocycles. The number of rotatable bonds is 5. The van der Waals surface area contributed by atoms with Crippen molar-refractivity contribution in [1.82, 2.24) is 5.43 Å². The summed E-state index contributed by atoms with van der Waals surface area (Å²) in [5.74, 6) is 5.93. The zero-order chi connectivity index (χ0) is 13.0. The molecule has 0 spiro atoms. The van der Waals surface area contributed by atoms with Gasteiger partial charge in [-0.2, -0.15) is 8.78 Å². The van der Waals surface area contributed by atoms with Gasteiger partial charge in [0.25, 0.3) is 0 Å². The van der Waals surface area contributed by atoms with Crippen molar-refractivity contribution in [3.8, 4) is 5.75 Å². The van der Waals surface area contributed by atoms with Gasteiger partial charge in [0.05, 0.1) is 12.6 Å². The molecule has 0 radical (unpaired) electrons. The fourth-order valence-electron chi connectivity index (χ4n) is 2.20. The smallest absolute Gasteiger partial charge is 0.387 e. The highest BCUT2D eigenvalue weighted by atomic mass is 19.3. The molecule has 3 N–H and O–H groups in total. The van der Waals surface area contributed by atoms with Gasteiger partial charge in [0.15, 0.2) is 0 Å². The first-order chi connectivity index (χ1) is 8.70. The second-order valence-electron chi connectivity index (χ2n) is 4.22. The second-order valence-corrected chi connectivity index (χ2v) is 4.22. The summed E-state index contributed by atoms with van der Waals surface area (Å²) in [5, 5.41) is 0. The van der Waals surface area contributed by atoms with E-state index in [9.17, 15) is 8.78 Å². The second kappa shape index (κ2) is 6.08. The van der Waals surface area contributed by atoms with Crippen LogP contribution in [0.5, 0.6) is 5.75 Å². The summed E-state index contributed by atoms with van der Waals surface area (Å²) in [6, 6.07) is 6.46. The third kappa shape index (κ3) is 3.16. The van der Waals surface area contributed by atoms with Crippen LogP contribution in [0.15, 0.2) is 24.3 Å². The molecule has 0 aliphatic carbocycles. The number of benzene rings is 1. The topological polar surface area (TPSA) is 56.5 Å². The molecule has 0 saturated carbocycles. The largest absolute Gasteiger partial charge is 0.435 e. The standard InChI is InChI=1S/C12H16F2N2O2/c13-12(14)18-10-3-1-2-8(6-10)11(16-15)9-4-5-17-7-9/h1-3,6,9,11-12,16H,4-5,7,15H2. The molecule has 1 aliphatic heterocycles. The van der Waals surface area contributed by atoms with Crippen molar-refractivity contribution in [3.63, 3.8) is 0 Å². The maximum atomic E-state index is 12.2. The Kier molecular flexibility index (Phi) is 4.46. The number of hydrazine groups is 1. The van der Waals surface area contributed by atoms with E-state index in [1.165, 1.54) is 6.07 Å². The fraction of sp³-hybridized carbons (Fsp3) is 0.500. The normalized spacial score (nSPS) is 21.2. The average Bonchev–Trinajstić information content (AvgIpc) is 2.83. The van der Waals surface area contributed by atoms with Crippen LogP contribution in [0.2, 0.25) is 0 Å². The summed E-state index contributed by atoms with van der Waals surface area (Å²) in [4.78, 5) is 0. The molecule has 6 heteroatoms. The van der Waals surface area contributed by atoms with Crippen molar-refractivity contribution >= 4 is 0 Å². The Morgan fingerprint density at radius 1 is 1.44 bits per heavy atom. The van der Waals surface area contributed by atoms with Crippen molar-refractivity contribution in [1.29, 1.82) is 0 Å². The van der Waals surface area contributed by atoms with E-state index in [2.05, 4.69) is 10.2 Å². The zero-order valence-electron chi connectivity index (χ0n) is 9.81. The van der Waals surface area contributed by atoms with E-state index in [0.29, 0.717) is 13.2 Å². The molecule has 1 aromatic carbocycles. The lowest BCUT2D eigenvalue weighted by Crippen LogP contribution is -2.33. The summed E-state index contributed by atoms with van der Waals surface area (Å²) < 4.78 is 34.0. The third-order valence-electron chi connectivity index (χ3n) is 3.06. The maximum Gasteiger partial charge on any atom is 0.387 e. The zero-order valence-corrected chi connectivity index (χ0v) is 9.81. The van der Waals surface area contributed by atoms with Crippen molar-refractivity contribution in [2.45, 2.75) is 19.1 Å². The monoisotopic (exact) mass is 258 g/mol. The van der Waals surface area contributed by atoms with E-state index in [-0.39, 0.29) is 17.7 Å². The van der Waals surface area contributed by atoms with Gasteiger partial charge in [0, 0.05) is 12.5 Å². The van der Waals surface area contributed by atoms with Gasteiger partial charge < -0.3 is 9.47 Å². The van der Waals surface area contributed by atoms with Crippen LogP contribution in [-0.2, 0) is 4.74 Å². The highest BCUT2D eigenvalue weighted by Gasteiger charge is 2.26. The van der Waals surface area contributed by atoms with Crippen LogP contribution in [0.1, 0.15) is 18.0 Å². The molecule has 18 heavy (non-hydrogen) atoms. The van der Waals surface area contributed by atoms with E-state index >= 15 is 0 Å². The van der Waals surface area contributed by atoms with Gasteiger partial charge in [0.1, 0.15) is 5.75 Å². The van der Waals surface area contributed by atoms with E-state index in [1.807, 2.05) is 6.07 Å². The van der Waals surface area contributed by atoms with Gasteiger partial charge in [-0.3, -0.25) is 11.3 Å². The Bertz CT molecular complexity index is 384. The Morgan fingerprint density at radius 2 is 2.28 bits per heavy atom. The Morgan fingerprint density at radius 3 is 2.89 bits per heavy atom. The summed E-state index contributed by atoms with van der Waals surface area (Å²) in [5.41, 5.74) is 3.54. The quantitative estimate of drug-likeness (QED) is 0.625. The predicted molar refractivity (Wildman–Crippen MR) is 62.1 cm³/mol. The number of ether oxygens (including phenoxy) is 2. The minimum Gasteiger partial charge on any atom is -0.435 e. The number of alkyl halides is 2. The molecule has 2 atom stereocenters. The molecular formula is C12H16F2N2O2. The lowest BCUT2D eigenvalue weighted by Gasteiger charge is -2.22. The van der Waals surface area contributed by atoms with Crippen molar-refractivity contribution in [2.75, 3.05) is 13.2 Å². The van der Waals surface area contributed by atoms with Crippen LogP contribution in [0.25, 0.3) is 0 Å². The predicted octanol–water partition coefficient (Wildman–Crippen LogP) is 1.83. The molecular weight excluding hydrogens is 242 g/mol. The Labute approximate surface area is 104 Å².